The minimum Gasteiger partial charge on any atom is -0.324 e. The Hall–Kier alpha value is -2.66. The quantitative estimate of drug-likeness (QED) is 0.850. The van der Waals surface area contributed by atoms with Gasteiger partial charge in [0.2, 0.25) is 0 Å². The summed E-state index contributed by atoms with van der Waals surface area (Å²) in [7, 11) is 0. The van der Waals surface area contributed by atoms with Crippen LogP contribution < -0.4 is 5.32 Å². The number of hydrogen-bond donors (Lipinski definition) is 1. The summed E-state index contributed by atoms with van der Waals surface area (Å²) in [6.07, 6.45) is 0. The van der Waals surface area contributed by atoms with Crippen LogP contribution in [0.15, 0.2) is 54.6 Å². The van der Waals surface area contributed by atoms with Gasteiger partial charge in [0.1, 0.15) is 5.54 Å². The van der Waals surface area contributed by atoms with E-state index < -0.39 is 5.54 Å². The maximum atomic E-state index is 12.4. The molecular weight excluding hydrogens is 338 g/mol. The summed E-state index contributed by atoms with van der Waals surface area (Å²) in [6, 6.07) is 18.8. The molecule has 0 aromatic heterocycles. The number of benzene rings is 2. The minimum absolute atomic E-state index is 0.149. The van der Waals surface area contributed by atoms with Crippen LogP contribution >= 0.6 is 0 Å². The Morgan fingerprint density at radius 3 is 2.41 bits per heavy atom. The van der Waals surface area contributed by atoms with Gasteiger partial charge in [-0.3, -0.25) is 14.6 Å². The number of carbonyl (C=O) groups excluding carboxylic acids is 2. The molecule has 0 unspecified atom stereocenters. The van der Waals surface area contributed by atoms with Crippen LogP contribution in [0.5, 0.6) is 0 Å². The third-order valence-electron chi connectivity index (χ3n) is 5.55. The molecule has 2 aliphatic heterocycles. The SMILES string of the molecule is CC1(C)NC(=O)N(CCN2Cc3ccccc3[C@@H](c3ccccc3)C2)C1=O. The zero-order chi connectivity index (χ0) is 19.0. The van der Waals surface area contributed by atoms with E-state index >= 15 is 0 Å². The molecule has 1 saturated heterocycles. The molecule has 5 nitrogen and oxygen atoms in total. The highest BCUT2D eigenvalue weighted by Crippen LogP contribution is 2.33. The van der Waals surface area contributed by atoms with Gasteiger partial charge in [-0.05, 0) is 30.5 Å². The summed E-state index contributed by atoms with van der Waals surface area (Å²) < 4.78 is 0. The predicted molar refractivity (Wildman–Crippen MR) is 104 cm³/mol. The number of nitrogens with zero attached hydrogens (tertiary/aromatic N) is 2. The fourth-order valence-electron chi connectivity index (χ4n) is 4.08. The van der Waals surface area contributed by atoms with E-state index in [0.717, 1.165) is 13.1 Å². The number of imide groups is 1. The van der Waals surface area contributed by atoms with E-state index in [1.807, 2.05) is 6.07 Å². The van der Waals surface area contributed by atoms with Crippen molar-refractivity contribution < 1.29 is 9.59 Å². The van der Waals surface area contributed by atoms with Crippen molar-refractivity contribution in [2.24, 2.45) is 0 Å². The second kappa shape index (κ2) is 6.82. The highest BCUT2D eigenvalue weighted by Gasteiger charge is 2.44. The number of amides is 3. The van der Waals surface area contributed by atoms with Crippen molar-refractivity contribution in [2.75, 3.05) is 19.6 Å². The van der Waals surface area contributed by atoms with E-state index in [4.69, 9.17) is 0 Å². The molecule has 2 aliphatic rings. The fraction of sp³-hybridized carbons (Fsp3) is 0.364. The number of nitrogens with one attached hydrogen (secondary N) is 1. The first-order valence-corrected chi connectivity index (χ1v) is 9.45. The van der Waals surface area contributed by atoms with E-state index in [-0.39, 0.29) is 11.9 Å². The van der Waals surface area contributed by atoms with Crippen molar-refractivity contribution >= 4 is 11.9 Å². The molecule has 0 aliphatic carbocycles. The molecule has 2 aromatic carbocycles. The van der Waals surface area contributed by atoms with Gasteiger partial charge in [0.15, 0.2) is 0 Å². The highest BCUT2D eigenvalue weighted by atomic mass is 16.2. The molecule has 1 fully saturated rings. The van der Waals surface area contributed by atoms with Crippen molar-refractivity contribution in [1.82, 2.24) is 15.1 Å². The van der Waals surface area contributed by atoms with Gasteiger partial charge in [-0.2, -0.15) is 0 Å². The first-order valence-electron chi connectivity index (χ1n) is 9.45. The first kappa shape index (κ1) is 17.7. The lowest BCUT2D eigenvalue weighted by molar-refractivity contribution is -0.130. The van der Waals surface area contributed by atoms with E-state index in [2.05, 4.69) is 58.7 Å². The minimum atomic E-state index is -0.807. The number of carbonyl (C=O) groups is 2. The Balaban J connectivity index is 1.52. The lowest BCUT2D eigenvalue weighted by Crippen LogP contribution is -2.43. The van der Waals surface area contributed by atoms with E-state index in [9.17, 15) is 9.59 Å². The number of hydrogen-bond acceptors (Lipinski definition) is 3. The van der Waals surface area contributed by atoms with Crippen molar-refractivity contribution in [3.05, 3.63) is 71.3 Å². The van der Waals surface area contributed by atoms with Gasteiger partial charge >= 0.3 is 6.03 Å². The van der Waals surface area contributed by atoms with Gasteiger partial charge in [0, 0.05) is 32.1 Å². The molecule has 5 heteroatoms. The van der Waals surface area contributed by atoms with Crippen LogP contribution in [0.4, 0.5) is 4.79 Å². The van der Waals surface area contributed by atoms with Crippen LogP contribution in [0.2, 0.25) is 0 Å². The van der Waals surface area contributed by atoms with Crippen LogP contribution in [0.25, 0.3) is 0 Å². The van der Waals surface area contributed by atoms with E-state index in [0.29, 0.717) is 19.0 Å². The smallest absolute Gasteiger partial charge is 0.324 e. The van der Waals surface area contributed by atoms with Gasteiger partial charge in [0.05, 0.1) is 0 Å². The molecule has 1 atom stereocenters. The molecule has 4 rings (SSSR count). The van der Waals surface area contributed by atoms with Crippen LogP contribution in [-0.2, 0) is 11.3 Å². The van der Waals surface area contributed by atoms with Crippen LogP contribution in [0, 0.1) is 0 Å². The number of fused-ring (bicyclic) bond motifs is 1. The number of urea groups is 1. The predicted octanol–water partition coefficient (Wildman–Crippen LogP) is 2.96. The average Bonchev–Trinajstić information content (AvgIpc) is 2.87. The van der Waals surface area contributed by atoms with Gasteiger partial charge < -0.3 is 5.32 Å². The van der Waals surface area contributed by atoms with Crippen molar-refractivity contribution in [3.8, 4) is 0 Å². The Kier molecular flexibility index (Phi) is 4.48. The lowest BCUT2D eigenvalue weighted by atomic mass is 9.85. The topological polar surface area (TPSA) is 52.7 Å². The molecule has 1 N–H and O–H groups in total. The number of rotatable bonds is 4. The maximum Gasteiger partial charge on any atom is 0.325 e. The third-order valence-corrected chi connectivity index (χ3v) is 5.55. The Bertz CT molecular complexity index is 863. The molecule has 0 saturated carbocycles. The van der Waals surface area contributed by atoms with Crippen LogP contribution in [0.3, 0.4) is 0 Å². The Morgan fingerprint density at radius 2 is 1.70 bits per heavy atom. The zero-order valence-corrected chi connectivity index (χ0v) is 15.8. The molecule has 2 aromatic rings. The molecule has 0 radical (unpaired) electrons. The maximum absolute atomic E-state index is 12.4. The largest absolute Gasteiger partial charge is 0.325 e. The van der Waals surface area contributed by atoms with Gasteiger partial charge in [-0.1, -0.05) is 54.6 Å². The molecule has 27 heavy (non-hydrogen) atoms. The molecular formula is C22H25N3O2. The fourth-order valence-corrected chi connectivity index (χ4v) is 4.08. The Morgan fingerprint density at radius 1 is 1.00 bits per heavy atom. The average molecular weight is 363 g/mol. The van der Waals surface area contributed by atoms with Crippen molar-refractivity contribution in [1.29, 1.82) is 0 Å². The third kappa shape index (κ3) is 3.35. The second-order valence-corrected chi connectivity index (χ2v) is 7.91. The van der Waals surface area contributed by atoms with E-state index in [1.165, 1.54) is 21.6 Å². The monoisotopic (exact) mass is 363 g/mol. The van der Waals surface area contributed by atoms with Crippen molar-refractivity contribution in [2.45, 2.75) is 31.8 Å². The summed E-state index contributed by atoms with van der Waals surface area (Å²) in [6.45, 7) is 6.30. The lowest BCUT2D eigenvalue weighted by Gasteiger charge is -2.35. The van der Waals surface area contributed by atoms with Gasteiger partial charge in [-0.25, -0.2) is 4.79 Å². The molecule has 0 bridgehead atoms. The first-order chi connectivity index (χ1) is 13.0. The molecule has 0 spiro atoms. The summed E-state index contributed by atoms with van der Waals surface area (Å²) in [4.78, 5) is 28.2. The van der Waals surface area contributed by atoms with Gasteiger partial charge in [0.25, 0.3) is 5.91 Å². The highest BCUT2D eigenvalue weighted by molar-refractivity contribution is 6.06. The molecule has 140 valence electrons. The Labute approximate surface area is 160 Å². The molecule has 2 heterocycles. The summed E-state index contributed by atoms with van der Waals surface area (Å²) >= 11 is 0. The van der Waals surface area contributed by atoms with E-state index in [1.54, 1.807) is 13.8 Å². The van der Waals surface area contributed by atoms with Crippen LogP contribution in [0.1, 0.15) is 36.5 Å². The summed E-state index contributed by atoms with van der Waals surface area (Å²) in [5.41, 5.74) is 3.18. The zero-order valence-electron chi connectivity index (χ0n) is 15.8. The van der Waals surface area contributed by atoms with Crippen LogP contribution in [-0.4, -0.2) is 46.9 Å². The summed E-state index contributed by atoms with van der Waals surface area (Å²) in [5, 5.41) is 2.75. The van der Waals surface area contributed by atoms with Crippen molar-refractivity contribution in [3.63, 3.8) is 0 Å². The molecule has 3 amide bonds. The van der Waals surface area contributed by atoms with Gasteiger partial charge in [-0.15, -0.1) is 0 Å². The standard InChI is InChI=1S/C22H25N3O2/c1-22(2)20(26)25(21(27)23-22)13-12-24-14-17-10-6-7-11-18(17)19(15-24)16-8-4-3-5-9-16/h3-11,19H,12-15H2,1-2H3,(H,23,27)/t19-/m1/s1. The summed E-state index contributed by atoms with van der Waals surface area (Å²) in [5.74, 6) is 0.153. The normalized spacial score (nSPS) is 21.9. The second-order valence-electron chi connectivity index (χ2n) is 7.91.